The summed E-state index contributed by atoms with van der Waals surface area (Å²) in [6, 6.07) is 23.1. The van der Waals surface area contributed by atoms with Gasteiger partial charge in [0.05, 0.1) is 24.0 Å². The van der Waals surface area contributed by atoms with Crippen LogP contribution in [0.5, 0.6) is 5.75 Å². The van der Waals surface area contributed by atoms with E-state index in [1.807, 2.05) is 26.0 Å². The van der Waals surface area contributed by atoms with Crippen LogP contribution in [-0.4, -0.2) is 18.5 Å². The summed E-state index contributed by atoms with van der Waals surface area (Å²) in [6.07, 6.45) is 4.04. The fourth-order valence-electron chi connectivity index (χ4n) is 6.17. The number of hydrogen-bond acceptors (Lipinski definition) is 5. The smallest absolute Gasteiger partial charge is 0.545 e. The summed E-state index contributed by atoms with van der Waals surface area (Å²) in [4.78, 5) is 24.6. The summed E-state index contributed by atoms with van der Waals surface area (Å²) < 4.78 is 5.94. The minimum atomic E-state index is -1.32. The van der Waals surface area contributed by atoms with E-state index in [2.05, 4.69) is 43.3 Å². The summed E-state index contributed by atoms with van der Waals surface area (Å²) in [7, 11) is 0. The minimum Gasteiger partial charge on any atom is -0.545 e. The molecule has 5 rings (SSSR count). The van der Waals surface area contributed by atoms with Gasteiger partial charge in [0.2, 0.25) is 0 Å². The van der Waals surface area contributed by atoms with Crippen molar-refractivity contribution in [2.75, 3.05) is 6.61 Å². The number of ether oxygens (including phenoxy) is 1. The number of fused-ring (bicyclic) bond motifs is 3. The Balaban J connectivity index is 0.00000253. The van der Waals surface area contributed by atoms with Crippen molar-refractivity contribution in [3.8, 4) is 16.9 Å². The SMILES string of the molecule is CCCCCCOc1ccc(C2(c3ccc(C)c(C(=O)[O-])c3)c3cc(C)ccc3-c3ccc(C)cc32)cc1C(=O)[O-].[Cs+].[Cs+]. The molecule has 0 bridgehead atoms. The van der Waals surface area contributed by atoms with Crippen LogP contribution < -0.4 is 153 Å². The van der Waals surface area contributed by atoms with Gasteiger partial charge < -0.3 is 24.5 Å². The van der Waals surface area contributed by atoms with Crippen LogP contribution in [0.25, 0.3) is 11.1 Å². The van der Waals surface area contributed by atoms with Crippen LogP contribution in [0.1, 0.15) is 92.3 Å². The Morgan fingerprint density at radius 3 is 1.74 bits per heavy atom. The maximum Gasteiger partial charge on any atom is 1.00 e. The Morgan fingerprint density at radius 2 is 1.21 bits per heavy atom. The molecule has 0 heterocycles. The molecular formula is C36H34Cs2O5. The molecule has 43 heavy (non-hydrogen) atoms. The molecule has 4 aromatic rings. The van der Waals surface area contributed by atoms with Crippen molar-refractivity contribution in [3.63, 3.8) is 0 Å². The normalized spacial score (nSPS) is 12.4. The topological polar surface area (TPSA) is 89.5 Å². The van der Waals surface area contributed by atoms with E-state index in [-0.39, 0.29) is 155 Å². The molecule has 0 spiro atoms. The standard InChI is InChI=1S/C36H36O5.2Cs/c1-5-6-7-8-17-41-33-16-13-26(21-30(33)35(39)40)36(25-12-11-24(4)29(20-25)34(37)38)31-18-22(2)9-14-27(31)28-15-10-23(3)19-32(28)36;;/h9-16,18-21H,5-8,17H2,1-4H3,(H,37,38)(H,39,40);;/q;2*+1/p-2. The molecule has 0 aromatic heterocycles. The Hall–Kier alpha value is -0.276. The van der Waals surface area contributed by atoms with Gasteiger partial charge in [0, 0.05) is 11.1 Å². The molecule has 0 saturated heterocycles. The number of unbranched alkanes of at least 4 members (excludes halogenated alkanes) is 3. The van der Waals surface area contributed by atoms with Gasteiger partial charge in [-0.25, -0.2) is 0 Å². The molecule has 0 unspecified atom stereocenters. The first kappa shape index (κ1) is 37.2. The number of rotatable bonds is 10. The zero-order valence-corrected chi connectivity index (χ0v) is 38.6. The average Bonchev–Trinajstić information content (AvgIpc) is 3.22. The van der Waals surface area contributed by atoms with Crippen molar-refractivity contribution in [2.24, 2.45) is 0 Å². The van der Waals surface area contributed by atoms with Gasteiger partial charge in [-0.2, -0.15) is 0 Å². The fourth-order valence-corrected chi connectivity index (χ4v) is 6.17. The minimum absolute atomic E-state index is 0. The van der Waals surface area contributed by atoms with E-state index in [0.29, 0.717) is 17.7 Å². The third-order valence-corrected chi connectivity index (χ3v) is 8.23. The number of hydrogen-bond donors (Lipinski definition) is 0. The largest absolute Gasteiger partial charge is 1.00 e. The maximum atomic E-state index is 12.5. The second-order valence-electron chi connectivity index (χ2n) is 11.1. The third kappa shape index (κ3) is 7.34. The van der Waals surface area contributed by atoms with E-state index in [1.165, 1.54) is 0 Å². The van der Waals surface area contributed by atoms with Crippen molar-refractivity contribution < 1.29 is 162 Å². The Morgan fingerprint density at radius 1 is 0.674 bits per heavy atom. The first-order valence-corrected chi connectivity index (χ1v) is 14.2. The second-order valence-corrected chi connectivity index (χ2v) is 11.1. The van der Waals surface area contributed by atoms with Gasteiger partial charge in [-0.15, -0.1) is 0 Å². The van der Waals surface area contributed by atoms with Crippen LogP contribution in [0.15, 0.2) is 72.8 Å². The molecule has 0 amide bonds. The Bertz CT molecular complexity index is 1610. The molecular weight excluding hydrogens is 778 g/mol. The summed E-state index contributed by atoms with van der Waals surface area (Å²) in [6.45, 7) is 8.33. The van der Waals surface area contributed by atoms with Crippen LogP contribution in [0.3, 0.4) is 0 Å². The van der Waals surface area contributed by atoms with E-state index in [1.54, 1.807) is 31.2 Å². The molecule has 0 radical (unpaired) electrons. The molecule has 0 aliphatic heterocycles. The zero-order chi connectivity index (χ0) is 29.3. The maximum absolute atomic E-state index is 12.5. The van der Waals surface area contributed by atoms with E-state index in [0.717, 1.165) is 64.6 Å². The second kappa shape index (κ2) is 16.0. The van der Waals surface area contributed by atoms with Crippen molar-refractivity contribution in [3.05, 3.63) is 123 Å². The summed E-state index contributed by atoms with van der Waals surface area (Å²) in [5.41, 5.74) is 7.14. The zero-order valence-electron chi connectivity index (χ0n) is 26.0. The van der Waals surface area contributed by atoms with Crippen LogP contribution in [0, 0.1) is 20.8 Å². The molecule has 1 aliphatic carbocycles. The first-order chi connectivity index (χ1) is 19.7. The van der Waals surface area contributed by atoms with Crippen molar-refractivity contribution in [1.82, 2.24) is 0 Å². The van der Waals surface area contributed by atoms with Crippen LogP contribution in [-0.2, 0) is 5.41 Å². The van der Waals surface area contributed by atoms with E-state index < -0.39 is 17.4 Å². The number of carbonyl (C=O) groups is 2. The predicted octanol–water partition coefficient (Wildman–Crippen LogP) is -0.331. The quantitative estimate of drug-likeness (QED) is 0.181. The number of carbonyl (C=O) groups excluding carboxylic acids is 2. The molecule has 0 N–H and O–H groups in total. The monoisotopic (exact) mass is 812 g/mol. The molecule has 0 fully saturated rings. The van der Waals surface area contributed by atoms with Gasteiger partial charge in [-0.3, -0.25) is 0 Å². The Kier molecular flexibility index (Phi) is 13.9. The van der Waals surface area contributed by atoms with E-state index in [9.17, 15) is 19.8 Å². The van der Waals surface area contributed by atoms with Gasteiger partial charge in [-0.05, 0) is 84.3 Å². The van der Waals surface area contributed by atoms with Crippen LogP contribution >= 0.6 is 0 Å². The molecule has 5 nitrogen and oxygen atoms in total. The van der Waals surface area contributed by atoms with Crippen LogP contribution in [0.4, 0.5) is 0 Å². The molecule has 0 atom stereocenters. The average molecular weight is 812 g/mol. The van der Waals surface area contributed by atoms with Gasteiger partial charge in [-0.1, -0.05) is 91.9 Å². The number of benzene rings is 4. The van der Waals surface area contributed by atoms with Gasteiger partial charge in [0.15, 0.2) is 0 Å². The molecule has 4 aromatic carbocycles. The van der Waals surface area contributed by atoms with E-state index in [4.69, 9.17) is 4.74 Å². The molecule has 1 aliphatic rings. The molecule has 7 heteroatoms. The molecule has 0 saturated carbocycles. The summed E-state index contributed by atoms with van der Waals surface area (Å²) in [5.74, 6) is -2.31. The van der Waals surface area contributed by atoms with Gasteiger partial charge >= 0.3 is 138 Å². The van der Waals surface area contributed by atoms with E-state index >= 15 is 0 Å². The third-order valence-electron chi connectivity index (χ3n) is 8.23. The van der Waals surface area contributed by atoms with Gasteiger partial charge in [0.1, 0.15) is 5.75 Å². The fraction of sp³-hybridized carbons (Fsp3) is 0.278. The van der Waals surface area contributed by atoms with Gasteiger partial charge in [0.25, 0.3) is 0 Å². The molecule has 210 valence electrons. The van der Waals surface area contributed by atoms with Crippen molar-refractivity contribution in [2.45, 2.75) is 58.8 Å². The van der Waals surface area contributed by atoms with Crippen molar-refractivity contribution >= 4 is 11.9 Å². The number of aromatic carboxylic acids is 2. The van der Waals surface area contributed by atoms with Crippen LogP contribution in [0.2, 0.25) is 0 Å². The van der Waals surface area contributed by atoms with Crippen molar-refractivity contribution in [1.29, 1.82) is 0 Å². The predicted molar refractivity (Wildman–Crippen MR) is 156 cm³/mol. The first-order valence-electron chi connectivity index (χ1n) is 14.2. The number of carboxylic acid groups (broad SMARTS) is 2. The number of aryl methyl sites for hydroxylation is 3. The summed E-state index contributed by atoms with van der Waals surface area (Å²) in [5, 5.41) is 24.6. The summed E-state index contributed by atoms with van der Waals surface area (Å²) >= 11 is 0. The number of carboxylic acids is 2. The Labute approximate surface area is 372 Å².